The molecule has 4 nitrogen and oxygen atoms in total. The highest BCUT2D eigenvalue weighted by molar-refractivity contribution is 5.84. The average Bonchev–Trinajstić information content (AvgIpc) is 3.17. The molecule has 0 saturated carbocycles. The van der Waals surface area contributed by atoms with Crippen LogP contribution in [-0.4, -0.2) is 19.7 Å². The van der Waals surface area contributed by atoms with Crippen LogP contribution in [0.4, 0.5) is 0 Å². The van der Waals surface area contributed by atoms with Gasteiger partial charge in [-0.2, -0.15) is 0 Å². The standard InChI is InChI=1S/C21H16N4/c1-3-7-15(8-4-1)17-13-18-19(11-12-25-14-22-24-21(18)25)23-20(17)16-9-5-2-6-10-16/h1-10,13-14H,11-12H2. The highest BCUT2D eigenvalue weighted by atomic mass is 15.3. The van der Waals surface area contributed by atoms with Crippen molar-refractivity contribution in [2.24, 2.45) is 0 Å². The van der Waals surface area contributed by atoms with Gasteiger partial charge in [0.2, 0.25) is 0 Å². The highest BCUT2D eigenvalue weighted by Gasteiger charge is 2.22. The normalized spacial score (nSPS) is 12.5. The van der Waals surface area contributed by atoms with E-state index in [9.17, 15) is 0 Å². The summed E-state index contributed by atoms with van der Waals surface area (Å²) in [4.78, 5) is 5.06. The fraction of sp³-hybridized carbons (Fsp3) is 0.0952. The molecular formula is C21H16N4. The lowest BCUT2D eigenvalue weighted by molar-refractivity contribution is 0.669. The van der Waals surface area contributed by atoms with Gasteiger partial charge in [-0.25, -0.2) is 0 Å². The molecule has 4 aromatic rings. The summed E-state index contributed by atoms with van der Waals surface area (Å²) < 4.78 is 2.10. The number of hydrogen-bond acceptors (Lipinski definition) is 3. The summed E-state index contributed by atoms with van der Waals surface area (Å²) in [5.41, 5.74) is 6.63. The van der Waals surface area contributed by atoms with E-state index in [1.165, 1.54) is 0 Å². The van der Waals surface area contributed by atoms with Crippen molar-refractivity contribution < 1.29 is 0 Å². The maximum atomic E-state index is 5.06. The zero-order valence-corrected chi connectivity index (χ0v) is 13.6. The third-order valence-electron chi connectivity index (χ3n) is 4.68. The summed E-state index contributed by atoms with van der Waals surface area (Å²) in [6.45, 7) is 0.876. The van der Waals surface area contributed by atoms with Crippen LogP contribution in [0, 0.1) is 0 Å². The Morgan fingerprint density at radius 2 is 1.52 bits per heavy atom. The van der Waals surface area contributed by atoms with Crippen LogP contribution < -0.4 is 0 Å². The fourth-order valence-corrected chi connectivity index (χ4v) is 3.44. The van der Waals surface area contributed by atoms with E-state index in [-0.39, 0.29) is 0 Å². The minimum absolute atomic E-state index is 0.876. The molecule has 0 saturated heterocycles. The van der Waals surface area contributed by atoms with Crippen LogP contribution in [0.1, 0.15) is 5.69 Å². The second kappa shape index (κ2) is 5.67. The van der Waals surface area contributed by atoms with Crippen molar-refractivity contribution in [1.82, 2.24) is 19.7 Å². The van der Waals surface area contributed by atoms with Crippen LogP contribution in [0.15, 0.2) is 73.1 Å². The number of hydrogen-bond donors (Lipinski definition) is 0. The number of rotatable bonds is 2. The third-order valence-corrected chi connectivity index (χ3v) is 4.68. The Balaban J connectivity index is 1.80. The molecule has 120 valence electrons. The van der Waals surface area contributed by atoms with E-state index in [2.05, 4.69) is 69.4 Å². The van der Waals surface area contributed by atoms with E-state index in [0.717, 1.165) is 52.4 Å². The second-order valence-corrected chi connectivity index (χ2v) is 6.21. The van der Waals surface area contributed by atoms with Gasteiger partial charge in [0.05, 0.1) is 11.4 Å². The maximum absolute atomic E-state index is 5.06. The van der Waals surface area contributed by atoms with Crippen molar-refractivity contribution in [3.63, 3.8) is 0 Å². The largest absolute Gasteiger partial charge is 0.313 e. The predicted octanol–water partition coefficient (Wildman–Crippen LogP) is 4.23. The molecule has 4 heteroatoms. The van der Waals surface area contributed by atoms with Crippen LogP contribution in [0.25, 0.3) is 33.8 Å². The van der Waals surface area contributed by atoms with Gasteiger partial charge >= 0.3 is 0 Å². The van der Waals surface area contributed by atoms with Crippen LogP contribution in [-0.2, 0) is 13.0 Å². The fourth-order valence-electron chi connectivity index (χ4n) is 3.44. The van der Waals surface area contributed by atoms with E-state index in [1.807, 2.05) is 12.1 Å². The number of aryl methyl sites for hydroxylation is 2. The number of fused-ring (bicyclic) bond motifs is 3. The van der Waals surface area contributed by atoms with Gasteiger partial charge in [-0.05, 0) is 11.6 Å². The Hall–Kier alpha value is -3.27. The molecule has 2 aromatic heterocycles. The smallest absolute Gasteiger partial charge is 0.165 e. The summed E-state index contributed by atoms with van der Waals surface area (Å²) in [7, 11) is 0. The Morgan fingerprint density at radius 3 is 2.28 bits per heavy atom. The quantitative estimate of drug-likeness (QED) is 0.554. The molecule has 2 aromatic carbocycles. The molecule has 1 aliphatic heterocycles. The lowest BCUT2D eigenvalue weighted by Gasteiger charge is -2.20. The first-order valence-electron chi connectivity index (χ1n) is 8.43. The molecule has 0 amide bonds. The SMILES string of the molecule is c1ccc(-c2cc3c(nc2-c2ccccc2)CCn2cnnc2-3)cc1. The summed E-state index contributed by atoms with van der Waals surface area (Å²) in [5.74, 6) is 0.908. The van der Waals surface area contributed by atoms with E-state index >= 15 is 0 Å². The van der Waals surface area contributed by atoms with E-state index in [0.29, 0.717) is 0 Å². The van der Waals surface area contributed by atoms with Crippen molar-refractivity contribution in [3.8, 4) is 33.8 Å². The van der Waals surface area contributed by atoms with Gasteiger partial charge in [-0.3, -0.25) is 4.98 Å². The Bertz CT molecular complexity index is 1040. The zero-order valence-electron chi connectivity index (χ0n) is 13.6. The van der Waals surface area contributed by atoms with Crippen LogP contribution in [0.3, 0.4) is 0 Å². The molecule has 0 atom stereocenters. The van der Waals surface area contributed by atoms with Crippen molar-refractivity contribution in [2.75, 3.05) is 0 Å². The minimum atomic E-state index is 0.876. The topological polar surface area (TPSA) is 43.6 Å². The minimum Gasteiger partial charge on any atom is -0.313 e. The van der Waals surface area contributed by atoms with Crippen LogP contribution in [0.5, 0.6) is 0 Å². The van der Waals surface area contributed by atoms with Crippen LogP contribution in [0.2, 0.25) is 0 Å². The van der Waals surface area contributed by atoms with Crippen molar-refractivity contribution in [3.05, 3.63) is 78.8 Å². The molecule has 0 aliphatic carbocycles. The summed E-state index contributed by atoms with van der Waals surface area (Å²) >= 11 is 0. The molecule has 0 radical (unpaired) electrons. The molecule has 5 rings (SSSR count). The van der Waals surface area contributed by atoms with Gasteiger partial charge < -0.3 is 4.57 Å². The zero-order chi connectivity index (χ0) is 16.6. The molecule has 0 bridgehead atoms. The summed E-state index contributed by atoms with van der Waals surface area (Å²) in [5, 5.41) is 8.38. The monoisotopic (exact) mass is 324 g/mol. The summed E-state index contributed by atoms with van der Waals surface area (Å²) in [6, 6.07) is 23.0. The van der Waals surface area contributed by atoms with Crippen molar-refractivity contribution >= 4 is 0 Å². The third kappa shape index (κ3) is 2.34. The van der Waals surface area contributed by atoms with Crippen molar-refractivity contribution in [1.29, 1.82) is 0 Å². The Morgan fingerprint density at radius 1 is 0.800 bits per heavy atom. The number of benzene rings is 2. The number of nitrogens with zero attached hydrogens (tertiary/aromatic N) is 4. The molecule has 3 heterocycles. The van der Waals surface area contributed by atoms with Crippen molar-refractivity contribution in [2.45, 2.75) is 13.0 Å². The molecule has 0 N–H and O–H groups in total. The van der Waals surface area contributed by atoms with E-state index < -0.39 is 0 Å². The highest BCUT2D eigenvalue weighted by Crippen LogP contribution is 2.36. The van der Waals surface area contributed by atoms with Gasteiger partial charge in [-0.15, -0.1) is 10.2 Å². The van der Waals surface area contributed by atoms with Gasteiger partial charge in [-0.1, -0.05) is 60.7 Å². The van der Waals surface area contributed by atoms with Gasteiger partial charge in [0, 0.05) is 29.7 Å². The first kappa shape index (κ1) is 14.1. The molecule has 0 unspecified atom stereocenters. The molecular weight excluding hydrogens is 308 g/mol. The first-order valence-corrected chi connectivity index (χ1v) is 8.43. The predicted molar refractivity (Wildman–Crippen MR) is 97.8 cm³/mol. The number of aromatic nitrogens is 4. The second-order valence-electron chi connectivity index (χ2n) is 6.21. The van der Waals surface area contributed by atoms with Crippen LogP contribution >= 0.6 is 0 Å². The Labute approximate surface area is 145 Å². The first-order chi connectivity index (χ1) is 12.4. The lowest BCUT2D eigenvalue weighted by atomic mass is 9.94. The van der Waals surface area contributed by atoms with E-state index in [1.54, 1.807) is 6.33 Å². The van der Waals surface area contributed by atoms with Gasteiger partial charge in [0.25, 0.3) is 0 Å². The Kier molecular flexibility index (Phi) is 3.20. The van der Waals surface area contributed by atoms with Gasteiger partial charge in [0.15, 0.2) is 5.82 Å². The maximum Gasteiger partial charge on any atom is 0.165 e. The lowest BCUT2D eigenvalue weighted by Crippen LogP contribution is -2.13. The summed E-state index contributed by atoms with van der Waals surface area (Å²) in [6.07, 6.45) is 2.70. The van der Waals surface area contributed by atoms with E-state index in [4.69, 9.17) is 4.98 Å². The van der Waals surface area contributed by atoms with Gasteiger partial charge in [0.1, 0.15) is 6.33 Å². The molecule has 1 aliphatic rings. The number of pyridine rings is 1. The molecule has 0 spiro atoms. The molecule has 0 fully saturated rings. The average molecular weight is 324 g/mol. The molecule has 25 heavy (non-hydrogen) atoms.